The normalized spacial score (nSPS) is 3.00. The summed E-state index contributed by atoms with van der Waals surface area (Å²) in [5, 5.41) is 0. The summed E-state index contributed by atoms with van der Waals surface area (Å²) >= 11 is 0. The number of hydrogen-bond donors (Lipinski definition) is 2. The Morgan fingerprint density at radius 2 is 1.00 bits per heavy atom. The largest absolute Gasteiger partial charge is 2.00 e. The topological polar surface area (TPSA) is 52.0 Å². The van der Waals surface area contributed by atoms with Crippen LogP contribution in [-0.2, 0) is 20.4 Å². The van der Waals surface area contributed by atoms with Crippen molar-refractivity contribution in [3.05, 3.63) is 0 Å². The molecule has 4 N–H and O–H groups in total. The molecule has 0 radical (unpaired) electrons. The van der Waals surface area contributed by atoms with E-state index in [1.54, 1.807) is 0 Å². The number of hydrogen-bond acceptors (Lipinski definition) is 2. The Bertz CT molecular complexity index is 11.5. The summed E-state index contributed by atoms with van der Waals surface area (Å²) < 4.78 is 0. The summed E-state index contributed by atoms with van der Waals surface area (Å²) in [5.41, 5.74) is 9.25. The average Bonchev–Trinajstić information content (AvgIpc) is 0.918. The zero-order valence-corrected chi connectivity index (χ0v) is 7.66. The van der Waals surface area contributed by atoms with Gasteiger partial charge in [-0.05, 0) is 0 Å². The first kappa shape index (κ1) is 25.7. The van der Waals surface area contributed by atoms with Gasteiger partial charge in [0.1, 0.15) is 0 Å². The maximum atomic E-state index is 4.62. The predicted molar refractivity (Wildman–Crippen MR) is 13.2 cm³/mol. The zero-order valence-electron chi connectivity index (χ0n) is 2.93. The van der Waals surface area contributed by atoms with Gasteiger partial charge in [0, 0.05) is 6.67 Å². The second-order valence-corrected chi connectivity index (χ2v) is 0.236. The van der Waals surface area contributed by atoms with Crippen LogP contribution in [0.3, 0.4) is 0 Å². The van der Waals surface area contributed by atoms with E-state index in [2.05, 4.69) is 11.5 Å². The minimum Gasteiger partial charge on any atom is -1.00 e. The van der Waals surface area contributed by atoms with E-state index in [0.717, 1.165) is 0 Å². The number of halogens is 2. The van der Waals surface area contributed by atoms with E-state index in [9.17, 15) is 0 Å². The fraction of sp³-hybridized carbons (Fsp3) is 1.00. The number of rotatable bonds is 0. The standard InChI is InChI=1S/CH6N2.2BrH.Pd/c2-1-3;;;/h1-3H2;2*1H;/q;;;+2/p-2. The molecule has 0 aliphatic heterocycles. The Balaban J connectivity index is -0.00000000667. The molecule has 0 unspecified atom stereocenters. The molecule has 0 aliphatic carbocycles. The van der Waals surface area contributed by atoms with Crippen LogP contribution in [0, 0.1) is 0 Å². The van der Waals surface area contributed by atoms with Crippen LogP contribution in [0.25, 0.3) is 0 Å². The fourth-order valence-corrected chi connectivity index (χ4v) is 0. The molecule has 0 aliphatic rings. The van der Waals surface area contributed by atoms with Gasteiger partial charge in [0.05, 0.1) is 0 Å². The third-order valence-electron chi connectivity index (χ3n) is 0. The molecule has 0 atom stereocenters. The zero-order chi connectivity index (χ0) is 2.71. The fourth-order valence-electron chi connectivity index (χ4n) is 0. The van der Waals surface area contributed by atoms with Crippen molar-refractivity contribution < 1.29 is 54.4 Å². The van der Waals surface area contributed by atoms with E-state index < -0.39 is 0 Å². The molecule has 2 nitrogen and oxygen atoms in total. The third kappa shape index (κ3) is 48.1. The molecule has 0 aromatic heterocycles. The molecular weight excluding hydrogens is 306 g/mol. The summed E-state index contributed by atoms with van der Waals surface area (Å²) in [7, 11) is 0. The van der Waals surface area contributed by atoms with E-state index in [1.807, 2.05) is 0 Å². The smallest absolute Gasteiger partial charge is 1.00 e. The molecule has 0 heterocycles. The molecule has 0 aromatic rings. The molecule has 0 rings (SSSR count). The SMILES string of the molecule is NCN.[Br-].[Br-].[Pd+2]. The van der Waals surface area contributed by atoms with E-state index in [-0.39, 0.29) is 61.1 Å². The second kappa shape index (κ2) is 31.1. The van der Waals surface area contributed by atoms with Crippen molar-refractivity contribution in [1.29, 1.82) is 0 Å². The van der Waals surface area contributed by atoms with Gasteiger partial charge < -0.3 is 45.4 Å². The molecular formula is CH6Br2N2Pd. The summed E-state index contributed by atoms with van der Waals surface area (Å²) in [5.74, 6) is 0. The molecule has 0 bridgehead atoms. The van der Waals surface area contributed by atoms with Gasteiger partial charge in [-0.1, -0.05) is 0 Å². The van der Waals surface area contributed by atoms with Crippen molar-refractivity contribution in [2.75, 3.05) is 6.67 Å². The molecule has 6 heavy (non-hydrogen) atoms. The quantitative estimate of drug-likeness (QED) is 0.345. The van der Waals surface area contributed by atoms with E-state index in [0.29, 0.717) is 0 Å². The van der Waals surface area contributed by atoms with Crippen LogP contribution >= 0.6 is 0 Å². The maximum Gasteiger partial charge on any atom is 2.00 e. The Labute approximate surface area is 72.2 Å². The van der Waals surface area contributed by atoms with E-state index >= 15 is 0 Å². The van der Waals surface area contributed by atoms with Gasteiger partial charge in [0.15, 0.2) is 0 Å². The molecule has 5 heteroatoms. The van der Waals surface area contributed by atoms with E-state index in [1.165, 1.54) is 0 Å². The Morgan fingerprint density at radius 1 is 1.00 bits per heavy atom. The summed E-state index contributed by atoms with van der Waals surface area (Å²) in [4.78, 5) is 0. The van der Waals surface area contributed by atoms with Crippen LogP contribution in [0.4, 0.5) is 0 Å². The van der Waals surface area contributed by atoms with Crippen LogP contribution < -0.4 is 45.4 Å². The molecule has 0 amide bonds. The first-order valence-electron chi connectivity index (χ1n) is 0.816. The van der Waals surface area contributed by atoms with Gasteiger partial charge >= 0.3 is 20.4 Å². The predicted octanol–water partition coefficient (Wildman–Crippen LogP) is -7.13. The van der Waals surface area contributed by atoms with Crippen molar-refractivity contribution in [1.82, 2.24) is 0 Å². The second-order valence-electron chi connectivity index (χ2n) is 0.236. The molecule has 0 spiro atoms. The van der Waals surface area contributed by atoms with Crippen LogP contribution in [0.1, 0.15) is 0 Å². The molecule has 0 aromatic carbocycles. The van der Waals surface area contributed by atoms with Crippen molar-refractivity contribution in [2.45, 2.75) is 0 Å². The van der Waals surface area contributed by atoms with E-state index in [4.69, 9.17) is 0 Å². The van der Waals surface area contributed by atoms with Crippen LogP contribution in [0.15, 0.2) is 0 Å². The van der Waals surface area contributed by atoms with Crippen LogP contribution in [0.5, 0.6) is 0 Å². The van der Waals surface area contributed by atoms with Crippen molar-refractivity contribution in [3.63, 3.8) is 0 Å². The number of nitrogens with two attached hydrogens (primary N) is 2. The Kier molecular flexibility index (Phi) is 133. The first-order valence-corrected chi connectivity index (χ1v) is 0.816. The van der Waals surface area contributed by atoms with Crippen LogP contribution in [-0.4, -0.2) is 6.67 Å². The van der Waals surface area contributed by atoms with Crippen molar-refractivity contribution >= 4 is 0 Å². The maximum absolute atomic E-state index is 4.62. The molecule has 44 valence electrons. The molecule has 0 saturated carbocycles. The summed E-state index contributed by atoms with van der Waals surface area (Å²) in [6.45, 7) is 0.250. The Morgan fingerprint density at radius 3 is 1.00 bits per heavy atom. The molecule has 0 fully saturated rings. The van der Waals surface area contributed by atoms with Gasteiger partial charge in [0.2, 0.25) is 0 Å². The minimum absolute atomic E-state index is 0. The first-order chi connectivity index (χ1) is 1.41. The molecule has 0 saturated heterocycles. The average molecular weight is 312 g/mol. The van der Waals surface area contributed by atoms with Gasteiger partial charge in [-0.2, -0.15) is 0 Å². The minimum atomic E-state index is 0. The van der Waals surface area contributed by atoms with Gasteiger partial charge in [-0.15, -0.1) is 0 Å². The monoisotopic (exact) mass is 310 g/mol. The summed E-state index contributed by atoms with van der Waals surface area (Å²) in [6, 6.07) is 0. The van der Waals surface area contributed by atoms with Gasteiger partial charge in [-0.3, -0.25) is 0 Å². The van der Waals surface area contributed by atoms with Gasteiger partial charge in [0.25, 0.3) is 0 Å². The Hall–Kier alpha value is 1.54. The van der Waals surface area contributed by atoms with Crippen LogP contribution in [0.2, 0.25) is 0 Å². The third-order valence-corrected chi connectivity index (χ3v) is 0. The summed E-state index contributed by atoms with van der Waals surface area (Å²) in [6.07, 6.45) is 0. The van der Waals surface area contributed by atoms with Crippen molar-refractivity contribution in [3.8, 4) is 0 Å². The van der Waals surface area contributed by atoms with Gasteiger partial charge in [-0.25, -0.2) is 0 Å². The van der Waals surface area contributed by atoms with Crippen molar-refractivity contribution in [2.24, 2.45) is 11.5 Å².